The molecule has 96 valence electrons. The van der Waals surface area contributed by atoms with E-state index < -0.39 is 12.5 Å². The van der Waals surface area contributed by atoms with Crippen LogP contribution < -0.4 is 19.9 Å². The summed E-state index contributed by atoms with van der Waals surface area (Å²) >= 11 is 0. The molecule has 0 unspecified atom stereocenters. The van der Waals surface area contributed by atoms with Gasteiger partial charge in [0.15, 0.2) is 11.5 Å². The van der Waals surface area contributed by atoms with Crippen molar-refractivity contribution in [2.24, 2.45) is 5.73 Å². The van der Waals surface area contributed by atoms with Gasteiger partial charge >= 0.3 is 0 Å². The van der Waals surface area contributed by atoms with Gasteiger partial charge in [-0.3, -0.25) is 0 Å². The van der Waals surface area contributed by atoms with E-state index in [4.69, 9.17) is 19.9 Å². The molecule has 0 spiro atoms. The first-order valence-electron chi connectivity index (χ1n) is 4.88. The first-order chi connectivity index (χ1) is 8.04. The summed E-state index contributed by atoms with van der Waals surface area (Å²) in [5.41, 5.74) is 5.61. The Hall–Kier alpha value is -1.56. The van der Waals surface area contributed by atoms with Gasteiger partial charge in [-0.15, -0.1) is 0 Å². The number of nitrogens with two attached hydrogens (primary N) is 1. The molecule has 0 radical (unpaired) electrons. The highest BCUT2D eigenvalue weighted by molar-refractivity contribution is 5.54. The lowest BCUT2D eigenvalue weighted by Crippen LogP contribution is -2.19. The van der Waals surface area contributed by atoms with Gasteiger partial charge in [0.05, 0.1) is 27.4 Å². The number of hydrogen-bond donors (Lipinski definition) is 1. The van der Waals surface area contributed by atoms with Crippen molar-refractivity contribution >= 4 is 0 Å². The minimum Gasteiger partial charge on any atom is -0.493 e. The quantitative estimate of drug-likeness (QED) is 0.864. The monoisotopic (exact) mass is 247 g/mol. The summed E-state index contributed by atoms with van der Waals surface area (Å²) in [7, 11) is 4.26. The van der Waals surface area contributed by atoms with E-state index in [1.54, 1.807) is 0 Å². The molecule has 1 aromatic carbocycles. The Kier molecular flexibility index (Phi) is 4.51. The van der Waals surface area contributed by atoms with Crippen LogP contribution in [-0.2, 0) is 0 Å². The van der Waals surface area contributed by atoms with Crippen molar-refractivity contribution in [2.75, 3.05) is 21.3 Å². The molecule has 0 saturated carbocycles. The topological polar surface area (TPSA) is 53.7 Å². The predicted octanol–water partition coefficient (Wildman–Crippen LogP) is 1.98. The summed E-state index contributed by atoms with van der Waals surface area (Å²) in [6.07, 6.45) is -2.65. The van der Waals surface area contributed by atoms with E-state index in [0.29, 0.717) is 17.2 Å². The maximum atomic E-state index is 12.5. The van der Waals surface area contributed by atoms with Crippen LogP contribution in [0.4, 0.5) is 8.78 Å². The molecule has 1 rings (SSSR count). The lowest BCUT2D eigenvalue weighted by Gasteiger charge is -2.17. The SMILES string of the molecule is COc1cc([C@H](N)C(F)F)cc(OC)c1OC. The third-order valence-corrected chi connectivity index (χ3v) is 2.34. The maximum absolute atomic E-state index is 12.5. The molecular weight excluding hydrogens is 232 g/mol. The van der Waals surface area contributed by atoms with E-state index in [1.807, 2.05) is 0 Å². The molecule has 0 fully saturated rings. The van der Waals surface area contributed by atoms with Crippen LogP contribution in [0.2, 0.25) is 0 Å². The van der Waals surface area contributed by atoms with E-state index in [-0.39, 0.29) is 5.56 Å². The van der Waals surface area contributed by atoms with Crippen LogP contribution in [-0.4, -0.2) is 27.8 Å². The van der Waals surface area contributed by atoms with Gasteiger partial charge in [0.25, 0.3) is 6.43 Å². The fourth-order valence-corrected chi connectivity index (χ4v) is 1.44. The average molecular weight is 247 g/mol. The summed E-state index contributed by atoms with van der Waals surface area (Å²) in [5.74, 6) is 0.955. The molecule has 0 saturated heterocycles. The molecule has 0 aliphatic heterocycles. The minimum atomic E-state index is -2.65. The van der Waals surface area contributed by atoms with E-state index >= 15 is 0 Å². The van der Waals surface area contributed by atoms with Crippen LogP contribution in [0.3, 0.4) is 0 Å². The van der Waals surface area contributed by atoms with Crippen LogP contribution in [0.1, 0.15) is 11.6 Å². The Balaban J connectivity index is 3.27. The zero-order valence-corrected chi connectivity index (χ0v) is 9.87. The van der Waals surface area contributed by atoms with Crippen LogP contribution >= 0.6 is 0 Å². The zero-order chi connectivity index (χ0) is 13.0. The lowest BCUT2D eigenvalue weighted by molar-refractivity contribution is 0.116. The third kappa shape index (κ3) is 2.76. The highest BCUT2D eigenvalue weighted by atomic mass is 19.3. The molecule has 0 bridgehead atoms. The maximum Gasteiger partial charge on any atom is 0.257 e. The van der Waals surface area contributed by atoms with Gasteiger partial charge in [-0.1, -0.05) is 0 Å². The van der Waals surface area contributed by atoms with Crippen molar-refractivity contribution in [3.63, 3.8) is 0 Å². The Bertz CT molecular complexity index is 360. The van der Waals surface area contributed by atoms with Gasteiger partial charge in [-0.2, -0.15) is 0 Å². The number of alkyl halides is 2. The molecule has 17 heavy (non-hydrogen) atoms. The minimum absolute atomic E-state index is 0.231. The molecule has 0 heterocycles. The molecule has 1 atom stereocenters. The number of benzene rings is 1. The molecule has 0 aliphatic rings. The van der Waals surface area contributed by atoms with Crippen LogP contribution in [0.25, 0.3) is 0 Å². The van der Waals surface area contributed by atoms with E-state index in [9.17, 15) is 8.78 Å². The molecule has 0 aromatic heterocycles. The standard InChI is InChI=1S/C11H15F2NO3/c1-15-7-4-6(9(14)11(12)13)5-8(16-2)10(7)17-3/h4-5,9,11H,14H2,1-3H3/t9-/m0/s1. The lowest BCUT2D eigenvalue weighted by atomic mass is 10.1. The fraction of sp³-hybridized carbons (Fsp3) is 0.455. The number of rotatable bonds is 5. The number of hydrogen-bond acceptors (Lipinski definition) is 4. The highest BCUT2D eigenvalue weighted by Gasteiger charge is 2.22. The predicted molar refractivity (Wildman–Crippen MR) is 59.0 cm³/mol. The van der Waals surface area contributed by atoms with Crippen LogP contribution in [0.5, 0.6) is 17.2 Å². The molecule has 4 nitrogen and oxygen atoms in total. The summed E-state index contributed by atoms with van der Waals surface area (Å²) in [6.45, 7) is 0. The molecule has 0 amide bonds. The van der Waals surface area contributed by atoms with Gasteiger partial charge in [0.2, 0.25) is 5.75 Å². The van der Waals surface area contributed by atoms with Gasteiger partial charge in [0.1, 0.15) is 0 Å². The normalized spacial score (nSPS) is 12.4. The molecular formula is C11H15F2NO3. The van der Waals surface area contributed by atoms with Crippen molar-refractivity contribution in [1.82, 2.24) is 0 Å². The largest absolute Gasteiger partial charge is 0.493 e. The van der Waals surface area contributed by atoms with Crippen LogP contribution in [0, 0.1) is 0 Å². The summed E-state index contributed by atoms with van der Waals surface area (Å²) in [5, 5.41) is 0. The second-order valence-corrected chi connectivity index (χ2v) is 3.32. The number of ether oxygens (including phenoxy) is 3. The first kappa shape index (κ1) is 13.5. The van der Waals surface area contributed by atoms with E-state index in [1.165, 1.54) is 33.5 Å². The first-order valence-corrected chi connectivity index (χ1v) is 4.88. The molecule has 0 aliphatic carbocycles. The molecule has 2 N–H and O–H groups in total. The van der Waals surface area contributed by atoms with Crippen LogP contribution in [0.15, 0.2) is 12.1 Å². The van der Waals surface area contributed by atoms with E-state index in [0.717, 1.165) is 0 Å². The van der Waals surface area contributed by atoms with Gasteiger partial charge in [-0.25, -0.2) is 8.78 Å². The molecule has 6 heteroatoms. The Labute approximate surface area is 98.3 Å². The average Bonchev–Trinajstić information content (AvgIpc) is 2.35. The Morgan fingerprint density at radius 1 is 1.00 bits per heavy atom. The van der Waals surface area contributed by atoms with Gasteiger partial charge in [-0.05, 0) is 17.7 Å². The van der Waals surface area contributed by atoms with Crippen molar-refractivity contribution in [3.8, 4) is 17.2 Å². The summed E-state index contributed by atoms with van der Waals surface area (Å²) in [4.78, 5) is 0. The summed E-state index contributed by atoms with van der Waals surface area (Å²) in [6, 6.07) is 1.44. The van der Waals surface area contributed by atoms with Crippen molar-refractivity contribution in [3.05, 3.63) is 17.7 Å². The number of methoxy groups -OCH3 is 3. The Morgan fingerprint density at radius 3 is 1.76 bits per heavy atom. The second-order valence-electron chi connectivity index (χ2n) is 3.32. The van der Waals surface area contributed by atoms with Crippen molar-refractivity contribution < 1.29 is 23.0 Å². The summed E-state index contributed by atoms with van der Waals surface area (Å²) < 4.78 is 40.2. The van der Waals surface area contributed by atoms with E-state index in [2.05, 4.69) is 0 Å². The second kappa shape index (κ2) is 5.67. The van der Waals surface area contributed by atoms with Gasteiger partial charge in [0, 0.05) is 0 Å². The smallest absolute Gasteiger partial charge is 0.257 e. The zero-order valence-electron chi connectivity index (χ0n) is 9.87. The van der Waals surface area contributed by atoms with Gasteiger partial charge < -0.3 is 19.9 Å². The van der Waals surface area contributed by atoms with Crippen molar-refractivity contribution in [2.45, 2.75) is 12.5 Å². The Morgan fingerprint density at radius 2 is 1.47 bits per heavy atom. The molecule has 1 aromatic rings. The highest BCUT2D eigenvalue weighted by Crippen LogP contribution is 2.40. The third-order valence-electron chi connectivity index (χ3n) is 2.34. The number of halogens is 2. The van der Waals surface area contributed by atoms with Crippen molar-refractivity contribution in [1.29, 1.82) is 0 Å². The fourth-order valence-electron chi connectivity index (χ4n) is 1.44.